The van der Waals surface area contributed by atoms with Gasteiger partial charge >= 0.3 is 0 Å². The van der Waals surface area contributed by atoms with Gasteiger partial charge in [0.25, 0.3) is 0 Å². The highest BCUT2D eigenvalue weighted by atomic mass is 15.2. The minimum Gasteiger partial charge on any atom is -0.293 e. The standard InChI is InChI=1S/C14H25N/c1-3-6-12-9-10-13(7-4-2)15-11-5-8-14(12)15/h9-10,12-14H,3-8,11H2,1-2H3/t12-,13-,14+/m0/s1. The van der Waals surface area contributed by atoms with Gasteiger partial charge in [-0.15, -0.1) is 0 Å². The normalized spacial score (nSPS) is 35.7. The van der Waals surface area contributed by atoms with Crippen molar-refractivity contribution in [3.63, 3.8) is 0 Å². The summed E-state index contributed by atoms with van der Waals surface area (Å²) < 4.78 is 0. The molecule has 2 aliphatic heterocycles. The van der Waals surface area contributed by atoms with E-state index in [1.807, 2.05) is 0 Å². The Kier molecular flexibility index (Phi) is 3.85. The van der Waals surface area contributed by atoms with Crippen LogP contribution in [-0.2, 0) is 0 Å². The average molecular weight is 207 g/mol. The summed E-state index contributed by atoms with van der Waals surface area (Å²) in [7, 11) is 0. The number of hydrogen-bond acceptors (Lipinski definition) is 1. The van der Waals surface area contributed by atoms with Crippen molar-refractivity contribution in [2.75, 3.05) is 6.54 Å². The summed E-state index contributed by atoms with van der Waals surface area (Å²) >= 11 is 0. The quantitative estimate of drug-likeness (QED) is 0.637. The molecule has 0 amide bonds. The van der Waals surface area contributed by atoms with Crippen molar-refractivity contribution in [2.24, 2.45) is 5.92 Å². The van der Waals surface area contributed by atoms with E-state index in [-0.39, 0.29) is 0 Å². The Morgan fingerprint density at radius 2 is 1.93 bits per heavy atom. The molecule has 1 saturated heterocycles. The molecular weight excluding hydrogens is 182 g/mol. The summed E-state index contributed by atoms with van der Waals surface area (Å²) in [6, 6.07) is 1.64. The van der Waals surface area contributed by atoms with Crippen molar-refractivity contribution in [3.05, 3.63) is 12.2 Å². The lowest BCUT2D eigenvalue weighted by molar-refractivity contribution is 0.149. The van der Waals surface area contributed by atoms with Crippen LogP contribution in [0.25, 0.3) is 0 Å². The molecular formula is C14H25N. The zero-order valence-electron chi connectivity index (χ0n) is 10.3. The van der Waals surface area contributed by atoms with Crippen LogP contribution in [-0.4, -0.2) is 23.5 Å². The van der Waals surface area contributed by atoms with Crippen LogP contribution in [0, 0.1) is 5.92 Å². The molecule has 15 heavy (non-hydrogen) atoms. The van der Waals surface area contributed by atoms with Gasteiger partial charge in [0.1, 0.15) is 0 Å². The van der Waals surface area contributed by atoms with Crippen LogP contribution in [0.4, 0.5) is 0 Å². The summed E-state index contributed by atoms with van der Waals surface area (Å²) in [6.07, 6.45) is 13.3. The molecule has 0 saturated carbocycles. The van der Waals surface area contributed by atoms with E-state index < -0.39 is 0 Å². The van der Waals surface area contributed by atoms with Gasteiger partial charge < -0.3 is 0 Å². The summed E-state index contributed by atoms with van der Waals surface area (Å²) in [5.74, 6) is 0.852. The predicted molar refractivity (Wildman–Crippen MR) is 66.0 cm³/mol. The van der Waals surface area contributed by atoms with E-state index in [0.717, 1.165) is 18.0 Å². The third-order valence-electron chi connectivity index (χ3n) is 4.05. The maximum atomic E-state index is 2.78. The molecule has 2 aliphatic rings. The zero-order valence-corrected chi connectivity index (χ0v) is 10.3. The zero-order chi connectivity index (χ0) is 10.7. The highest BCUT2D eigenvalue weighted by molar-refractivity contribution is 5.09. The number of hydrogen-bond donors (Lipinski definition) is 0. The maximum Gasteiger partial charge on any atom is 0.0281 e. The summed E-state index contributed by atoms with van der Waals surface area (Å²) in [4.78, 5) is 2.78. The SMILES string of the molecule is CCC[C@H]1C=C[C@H](CCC)N2CCC[C@H]12. The van der Waals surface area contributed by atoms with Crippen molar-refractivity contribution < 1.29 is 0 Å². The van der Waals surface area contributed by atoms with Gasteiger partial charge in [-0.25, -0.2) is 0 Å². The highest BCUT2D eigenvalue weighted by Gasteiger charge is 2.35. The van der Waals surface area contributed by atoms with Gasteiger partial charge in [-0.2, -0.15) is 0 Å². The second kappa shape index (κ2) is 5.16. The third-order valence-corrected chi connectivity index (χ3v) is 4.05. The second-order valence-electron chi connectivity index (χ2n) is 5.14. The molecule has 0 aromatic heterocycles. The first kappa shape index (κ1) is 11.2. The van der Waals surface area contributed by atoms with Crippen LogP contribution >= 0.6 is 0 Å². The predicted octanol–water partition coefficient (Wildman–Crippen LogP) is 3.61. The van der Waals surface area contributed by atoms with Crippen molar-refractivity contribution in [1.29, 1.82) is 0 Å². The molecule has 0 radical (unpaired) electrons. The Morgan fingerprint density at radius 1 is 1.13 bits per heavy atom. The van der Waals surface area contributed by atoms with Gasteiger partial charge in [0, 0.05) is 12.1 Å². The number of nitrogens with zero attached hydrogens (tertiary/aromatic N) is 1. The Labute approximate surface area is 94.5 Å². The lowest BCUT2D eigenvalue weighted by atomic mass is 9.87. The van der Waals surface area contributed by atoms with Gasteiger partial charge in [0.2, 0.25) is 0 Å². The Balaban J connectivity index is 2.05. The van der Waals surface area contributed by atoms with E-state index in [1.165, 1.54) is 45.1 Å². The fraction of sp³-hybridized carbons (Fsp3) is 0.857. The largest absolute Gasteiger partial charge is 0.293 e. The van der Waals surface area contributed by atoms with E-state index in [0.29, 0.717) is 0 Å². The molecule has 1 heteroatoms. The van der Waals surface area contributed by atoms with Crippen LogP contribution in [0.5, 0.6) is 0 Å². The summed E-state index contributed by atoms with van der Waals surface area (Å²) in [5, 5.41) is 0. The second-order valence-corrected chi connectivity index (χ2v) is 5.14. The molecule has 0 aliphatic carbocycles. The smallest absolute Gasteiger partial charge is 0.0281 e. The molecule has 2 rings (SSSR count). The summed E-state index contributed by atoms with van der Waals surface area (Å²) in [6.45, 7) is 5.96. The van der Waals surface area contributed by atoms with Crippen LogP contribution in [0.3, 0.4) is 0 Å². The average Bonchev–Trinajstić information content (AvgIpc) is 2.71. The minimum absolute atomic E-state index is 0.760. The van der Waals surface area contributed by atoms with Crippen LogP contribution in [0.2, 0.25) is 0 Å². The highest BCUT2D eigenvalue weighted by Crippen LogP contribution is 2.34. The topological polar surface area (TPSA) is 3.24 Å². The van der Waals surface area contributed by atoms with Crippen LogP contribution < -0.4 is 0 Å². The van der Waals surface area contributed by atoms with E-state index in [9.17, 15) is 0 Å². The maximum absolute atomic E-state index is 2.78. The molecule has 3 atom stereocenters. The van der Waals surface area contributed by atoms with E-state index in [1.54, 1.807) is 0 Å². The molecule has 0 aromatic carbocycles. The molecule has 86 valence electrons. The fourth-order valence-electron chi connectivity index (χ4n) is 3.38. The molecule has 0 bridgehead atoms. The van der Waals surface area contributed by atoms with Gasteiger partial charge in [-0.05, 0) is 38.1 Å². The van der Waals surface area contributed by atoms with Gasteiger partial charge in [0.15, 0.2) is 0 Å². The van der Waals surface area contributed by atoms with Crippen molar-refractivity contribution in [1.82, 2.24) is 4.90 Å². The third kappa shape index (κ3) is 2.28. The Bertz CT molecular complexity index is 199. The first-order valence-corrected chi connectivity index (χ1v) is 6.80. The number of fused-ring (bicyclic) bond motifs is 1. The number of rotatable bonds is 4. The van der Waals surface area contributed by atoms with E-state index >= 15 is 0 Å². The summed E-state index contributed by atoms with van der Waals surface area (Å²) in [5.41, 5.74) is 0. The van der Waals surface area contributed by atoms with Crippen molar-refractivity contribution >= 4 is 0 Å². The lowest BCUT2D eigenvalue weighted by Gasteiger charge is -2.39. The van der Waals surface area contributed by atoms with Crippen molar-refractivity contribution in [2.45, 2.75) is 64.5 Å². The van der Waals surface area contributed by atoms with Gasteiger partial charge in [-0.1, -0.05) is 38.8 Å². The minimum atomic E-state index is 0.760. The van der Waals surface area contributed by atoms with E-state index in [4.69, 9.17) is 0 Å². The molecule has 0 unspecified atom stereocenters. The van der Waals surface area contributed by atoms with Gasteiger partial charge in [0.05, 0.1) is 0 Å². The van der Waals surface area contributed by atoms with Crippen molar-refractivity contribution in [3.8, 4) is 0 Å². The molecule has 0 aromatic rings. The Hall–Kier alpha value is -0.300. The molecule has 0 spiro atoms. The lowest BCUT2D eigenvalue weighted by Crippen LogP contribution is -2.44. The molecule has 2 heterocycles. The van der Waals surface area contributed by atoms with Crippen LogP contribution in [0.15, 0.2) is 12.2 Å². The first-order valence-electron chi connectivity index (χ1n) is 6.80. The molecule has 1 nitrogen and oxygen atoms in total. The first-order chi connectivity index (χ1) is 7.36. The Morgan fingerprint density at radius 3 is 2.67 bits per heavy atom. The molecule has 1 fully saturated rings. The molecule has 0 N–H and O–H groups in total. The van der Waals surface area contributed by atoms with Crippen LogP contribution in [0.1, 0.15) is 52.4 Å². The monoisotopic (exact) mass is 207 g/mol. The van der Waals surface area contributed by atoms with Gasteiger partial charge in [-0.3, -0.25) is 4.90 Å². The van der Waals surface area contributed by atoms with E-state index in [2.05, 4.69) is 30.9 Å². The fourth-order valence-corrected chi connectivity index (χ4v) is 3.38.